The van der Waals surface area contributed by atoms with E-state index in [0.717, 1.165) is 18.8 Å². The van der Waals surface area contributed by atoms with Crippen molar-refractivity contribution in [1.29, 1.82) is 0 Å². The standard InChI is InChI=1S/C22H25FN4O/c1-14-10-16(5-7-21(14)27-9-8-17(13-27)26(2)3)24-12-19-18-6-4-15(23)11-20(18)25-22(19)28/h4-7,10-12,17,24H,8-9,13H2,1-3H3,(H,25,28)/b19-12-. The van der Waals surface area contributed by atoms with E-state index in [1.54, 1.807) is 12.3 Å². The summed E-state index contributed by atoms with van der Waals surface area (Å²) in [4.78, 5) is 16.9. The highest BCUT2D eigenvalue weighted by molar-refractivity contribution is 6.31. The molecule has 0 aliphatic carbocycles. The lowest BCUT2D eigenvalue weighted by molar-refractivity contribution is -0.110. The normalized spacial score (nSPS) is 20.0. The van der Waals surface area contributed by atoms with E-state index in [1.807, 2.05) is 6.07 Å². The minimum Gasteiger partial charge on any atom is -0.370 e. The van der Waals surface area contributed by atoms with Crippen molar-refractivity contribution in [3.63, 3.8) is 0 Å². The first-order valence-electron chi connectivity index (χ1n) is 9.52. The van der Waals surface area contributed by atoms with Crippen LogP contribution in [0.25, 0.3) is 5.57 Å². The van der Waals surface area contributed by atoms with Gasteiger partial charge in [-0.2, -0.15) is 0 Å². The predicted octanol–water partition coefficient (Wildman–Crippen LogP) is 3.68. The van der Waals surface area contributed by atoms with Crippen molar-refractivity contribution in [3.05, 3.63) is 59.5 Å². The van der Waals surface area contributed by atoms with Crippen molar-refractivity contribution in [2.24, 2.45) is 0 Å². The van der Waals surface area contributed by atoms with Crippen LogP contribution in [-0.4, -0.2) is 44.0 Å². The van der Waals surface area contributed by atoms with Crippen molar-refractivity contribution in [2.45, 2.75) is 19.4 Å². The summed E-state index contributed by atoms with van der Waals surface area (Å²) < 4.78 is 13.4. The topological polar surface area (TPSA) is 47.6 Å². The molecule has 1 unspecified atom stereocenters. The van der Waals surface area contributed by atoms with Crippen LogP contribution in [0.5, 0.6) is 0 Å². The fraction of sp³-hybridized carbons (Fsp3) is 0.318. The molecule has 0 bridgehead atoms. The summed E-state index contributed by atoms with van der Waals surface area (Å²) in [5.74, 6) is -0.592. The van der Waals surface area contributed by atoms with E-state index in [-0.39, 0.29) is 11.7 Å². The number of carbonyl (C=O) groups is 1. The van der Waals surface area contributed by atoms with Gasteiger partial charge in [-0.05, 0) is 69.4 Å². The minimum absolute atomic E-state index is 0.228. The van der Waals surface area contributed by atoms with Gasteiger partial charge in [-0.3, -0.25) is 4.79 Å². The number of anilines is 3. The number of rotatable bonds is 4. The number of hydrogen-bond donors (Lipinski definition) is 2. The lowest BCUT2D eigenvalue weighted by atomic mass is 10.1. The molecule has 2 aromatic rings. The number of aryl methyl sites for hydroxylation is 1. The van der Waals surface area contributed by atoms with E-state index >= 15 is 0 Å². The molecule has 2 aliphatic rings. The first kappa shape index (κ1) is 18.5. The SMILES string of the molecule is Cc1cc(N/C=C2\C(=O)Nc3cc(F)ccc32)ccc1N1CCC(N(C)C)C1. The molecule has 146 valence electrons. The van der Waals surface area contributed by atoms with Crippen molar-refractivity contribution < 1.29 is 9.18 Å². The molecule has 0 saturated carbocycles. The Morgan fingerprint density at radius 1 is 1.25 bits per heavy atom. The number of nitrogens with zero attached hydrogens (tertiary/aromatic N) is 2. The quantitative estimate of drug-likeness (QED) is 0.795. The highest BCUT2D eigenvalue weighted by Gasteiger charge is 2.26. The molecule has 1 saturated heterocycles. The molecular formula is C22H25FN4O. The predicted molar refractivity (Wildman–Crippen MR) is 112 cm³/mol. The number of carbonyl (C=O) groups excluding carboxylic acids is 1. The number of hydrogen-bond acceptors (Lipinski definition) is 4. The fourth-order valence-electron chi connectivity index (χ4n) is 3.95. The Hall–Kier alpha value is -2.86. The average Bonchev–Trinajstić information content (AvgIpc) is 3.24. The summed E-state index contributed by atoms with van der Waals surface area (Å²) in [6, 6.07) is 11.2. The van der Waals surface area contributed by atoms with Crippen LogP contribution >= 0.6 is 0 Å². The zero-order valence-corrected chi connectivity index (χ0v) is 16.4. The summed E-state index contributed by atoms with van der Waals surface area (Å²) in [7, 11) is 4.26. The van der Waals surface area contributed by atoms with Crippen molar-refractivity contribution >= 4 is 28.5 Å². The Morgan fingerprint density at radius 3 is 2.79 bits per heavy atom. The average molecular weight is 380 g/mol. The van der Waals surface area contributed by atoms with Crippen LogP contribution in [0.1, 0.15) is 17.5 Å². The zero-order chi connectivity index (χ0) is 19.8. The van der Waals surface area contributed by atoms with E-state index in [1.165, 1.54) is 29.8 Å². The Labute approximate surface area is 164 Å². The Bertz CT molecular complexity index is 954. The highest BCUT2D eigenvalue weighted by atomic mass is 19.1. The van der Waals surface area contributed by atoms with E-state index in [4.69, 9.17) is 0 Å². The van der Waals surface area contributed by atoms with Gasteiger partial charge in [0, 0.05) is 42.3 Å². The van der Waals surface area contributed by atoms with Crippen LogP contribution in [0, 0.1) is 12.7 Å². The Balaban J connectivity index is 1.50. The monoisotopic (exact) mass is 380 g/mol. The van der Waals surface area contributed by atoms with E-state index < -0.39 is 0 Å². The number of amides is 1. The van der Waals surface area contributed by atoms with Gasteiger partial charge in [-0.25, -0.2) is 4.39 Å². The molecule has 1 amide bonds. The summed E-state index contributed by atoms with van der Waals surface area (Å²) in [6.45, 7) is 4.21. The van der Waals surface area contributed by atoms with Crippen LogP contribution < -0.4 is 15.5 Å². The summed E-state index contributed by atoms with van der Waals surface area (Å²) >= 11 is 0. The molecule has 2 heterocycles. The lowest BCUT2D eigenvalue weighted by Gasteiger charge is -2.23. The van der Waals surface area contributed by atoms with Crippen molar-refractivity contribution in [1.82, 2.24) is 4.90 Å². The molecule has 6 heteroatoms. The maximum Gasteiger partial charge on any atom is 0.257 e. The molecule has 1 atom stereocenters. The Morgan fingerprint density at radius 2 is 2.07 bits per heavy atom. The van der Waals surface area contributed by atoms with Gasteiger partial charge < -0.3 is 20.4 Å². The van der Waals surface area contributed by atoms with Gasteiger partial charge in [0.25, 0.3) is 5.91 Å². The molecule has 5 nitrogen and oxygen atoms in total. The number of likely N-dealkylation sites (N-methyl/N-ethyl adjacent to an activating group) is 1. The van der Waals surface area contributed by atoms with Crippen LogP contribution in [0.3, 0.4) is 0 Å². The Kier molecular flexibility index (Phi) is 4.81. The van der Waals surface area contributed by atoms with E-state index in [9.17, 15) is 9.18 Å². The third kappa shape index (κ3) is 3.47. The van der Waals surface area contributed by atoms with Crippen LogP contribution in [0.2, 0.25) is 0 Å². The van der Waals surface area contributed by atoms with Gasteiger partial charge in [0.2, 0.25) is 0 Å². The highest BCUT2D eigenvalue weighted by Crippen LogP contribution is 2.33. The third-order valence-corrected chi connectivity index (χ3v) is 5.58. The van der Waals surface area contributed by atoms with Gasteiger partial charge in [0.05, 0.1) is 11.3 Å². The van der Waals surface area contributed by atoms with Crippen LogP contribution in [-0.2, 0) is 4.79 Å². The van der Waals surface area contributed by atoms with Crippen molar-refractivity contribution in [3.8, 4) is 0 Å². The summed E-state index contributed by atoms with van der Waals surface area (Å²) in [6.07, 6.45) is 2.86. The van der Waals surface area contributed by atoms with Gasteiger partial charge >= 0.3 is 0 Å². The zero-order valence-electron chi connectivity index (χ0n) is 16.4. The second kappa shape index (κ2) is 7.28. The second-order valence-electron chi connectivity index (χ2n) is 7.70. The molecule has 0 aromatic heterocycles. The van der Waals surface area contributed by atoms with Crippen LogP contribution in [0.15, 0.2) is 42.6 Å². The maximum atomic E-state index is 13.4. The second-order valence-corrected chi connectivity index (χ2v) is 7.70. The summed E-state index contributed by atoms with van der Waals surface area (Å²) in [5.41, 5.74) is 5.08. The molecule has 1 fully saturated rings. The number of fused-ring (bicyclic) bond motifs is 1. The number of nitrogens with one attached hydrogen (secondary N) is 2. The first-order chi connectivity index (χ1) is 13.4. The largest absolute Gasteiger partial charge is 0.370 e. The molecule has 2 N–H and O–H groups in total. The molecule has 0 radical (unpaired) electrons. The van der Waals surface area contributed by atoms with Gasteiger partial charge in [0.15, 0.2) is 0 Å². The van der Waals surface area contributed by atoms with Gasteiger partial charge in [-0.1, -0.05) is 0 Å². The maximum absolute atomic E-state index is 13.4. The molecule has 4 rings (SSSR count). The molecular weight excluding hydrogens is 355 g/mol. The summed E-state index contributed by atoms with van der Waals surface area (Å²) in [5, 5.41) is 5.91. The van der Waals surface area contributed by atoms with E-state index in [0.29, 0.717) is 22.9 Å². The molecule has 28 heavy (non-hydrogen) atoms. The fourth-order valence-corrected chi connectivity index (χ4v) is 3.95. The smallest absolute Gasteiger partial charge is 0.257 e. The molecule has 0 spiro atoms. The first-order valence-corrected chi connectivity index (χ1v) is 9.52. The van der Waals surface area contributed by atoms with E-state index in [2.05, 4.69) is 53.6 Å². The van der Waals surface area contributed by atoms with Crippen LogP contribution in [0.4, 0.5) is 21.5 Å². The van der Waals surface area contributed by atoms with Gasteiger partial charge in [-0.15, -0.1) is 0 Å². The molecule has 2 aliphatic heterocycles. The van der Waals surface area contributed by atoms with Crippen molar-refractivity contribution in [2.75, 3.05) is 42.7 Å². The van der Waals surface area contributed by atoms with Gasteiger partial charge in [0.1, 0.15) is 5.82 Å². The number of halogens is 1. The lowest BCUT2D eigenvalue weighted by Crippen LogP contribution is -2.31. The molecule has 2 aromatic carbocycles. The number of benzene rings is 2. The minimum atomic E-state index is -0.363. The third-order valence-electron chi connectivity index (χ3n) is 5.58.